The fourth-order valence-electron chi connectivity index (χ4n) is 1.62. The van der Waals surface area contributed by atoms with Crippen molar-refractivity contribution in [3.63, 3.8) is 0 Å². The van der Waals surface area contributed by atoms with Crippen LogP contribution in [-0.4, -0.2) is 59.9 Å². The number of nitrogens with one attached hydrogen (secondary N) is 2. The summed E-state index contributed by atoms with van der Waals surface area (Å²) in [4.78, 5) is 16.1. The molecule has 0 aliphatic carbocycles. The van der Waals surface area contributed by atoms with Crippen LogP contribution in [0.2, 0.25) is 0 Å². The molecule has 10 heteroatoms. The maximum absolute atomic E-state index is 12.2. The molecule has 7 nitrogen and oxygen atoms in total. The standard InChI is InChI=1S/C12H19F3N6O/c1-16-11(17-6-9-4-5-19-21(9)3)18-7-10(22)20(2)8-12(13,14)15/h4-5H,6-8H2,1-3H3,(H2,16,17,18). The van der Waals surface area contributed by atoms with Gasteiger partial charge in [0.05, 0.1) is 18.8 Å². The van der Waals surface area contributed by atoms with Crippen molar-refractivity contribution in [1.82, 2.24) is 25.3 Å². The minimum absolute atomic E-state index is 0.280. The summed E-state index contributed by atoms with van der Waals surface area (Å²) in [5.74, 6) is -0.365. The number of carbonyl (C=O) groups excluding carboxylic acids is 1. The number of aromatic nitrogens is 2. The van der Waals surface area contributed by atoms with E-state index in [1.54, 1.807) is 17.9 Å². The fourth-order valence-corrected chi connectivity index (χ4v) is 1.62. The number of aliphatic imine (C=N–C) groups is 1. The molecule has 2 N–H and O–H groups in total. The Kier molecular flexibility index (Phi) is 6.20. The summed E-state index contributed by atoms with van der Waals surface area (Å²) in [6.45, 7) is -1.14. The zero-order valence-electron chi connectivity index (χ0n) is 12.6. The Bertz CT molecular complexity index is 525. The predicted molar refractivity (Wildman–Crippen MR) is 75.1 cm³/mol. The van der Waals surface area contributed by atoms with E-state index in [9.17, 15) is 18.0 Å². The highest BCUT2D eigenvalue weighted by Crippen LogP contribution is 2.15. The Hall–Kier alpha value is -2.26. The van der Waals surface area contributed by atoms with Crippen molar-refractivity contribution in [3.05, 3.63) is 18.0 Å². The van der Waals surface area contributed by atoms with Crippen LogP contribution in [0.3, 0.4) is 0 Å². The monoisotopic (exact) mass is 320 g/mol. The van der Waals surface area contributed by atoms with Gasteiger partial charge in [0.1, 0.15) is 6.54 Å². The van der Waals surface area contributed by atoms with Gasteiger partial charge in [-0.05, 0) is 6.07 Å². The average molecular weight is 320 g/mol. The summed E-state index contributed by atoms with van der Waals surface area (Å²) in [5.41, 5.74) is 0.892. The molecular weight excluding hydrogens is 301 g/mol. The van der Waals surface area contributed by atoms with E-state index in [4.69, 9.17) is 0 Å². The van der Waals surface area contributed by atoms with Gasteiger partial charge < -0.3 is 15.5 Å². The van der Waals surface area contributed by atoms with E-state index in [0.717, 1.165) is 12.7 Å². The van der Waals surface area contributed by atoms with Gasteiger partial charge in [-0.1, -0.05) is 0 Å². The Morgan fingerprint density at radius 1 is 1.45 bits per heavy atom. The molecule has 1 rings (SSSR count). The summed E-state index contributed by atoms with van der Waals surface area (Å²) >= 11 is 0. The van der Waals surface area contributed by atoms with E-state index in [1.807, 2.05) is 6.07 Å². The van der Waals surface area contributed by atoms with E-state index in [2.05, 4.69) is 20.7 Å². The highest BCUT2D eigenvalue weighted by atomic mass is 19.4. The summed E-state index contributed by atoms with van der Waals surface area (Å²) in [5, 5.41) is 9.61. The molecule has 0 radical (unpaired) electrons. The van der Waals surface area contributed by atoms with Gasteiger partial charge in [0, 0.05) is 27.3 Å². The zero-order chi connectivity index (χ0) is 16.8. The van der Waals surface area contributed by atoms with Crippen molar-refractivity contribution in [2.45, 2.75) is 12.7 Å². The minimum Gasteiger partial charge on any atom is -0.351 e. The zero-order valence-corrected chi connectivity index (χ0v) is 12.6. The van der Waals surface area contributed by atoms with E-state index < -0.39 is 18.6 Å². The van der Waals surface area contributed by atoms with Crippen molar-refractivity contribution < 1.29 is 18.0 Å². The summed E-state index contributed by atoms with van der Waals surface area (Å²) in [6, 6.07) is 1.81. The molecule has 22 heavy (non-hydrogen) atoms. The number of aryl methyl sites for hydroxylation is 1. The molecule has 0 saturated carbocycles. The van der Waals surface area contributed by atoms with E-state index in [-0.39, 0.29) is 6.54 Å². The maximum Gasteiger partial charge on any atom is 0.406 e. The molecule has 0 saturated heterocycles. The number of hydrogen-bond donors (Lipinski definition) is 2. The van der Waals surface area contributed by atoms with Crippen LogP contribution < -0.4 is 10.6 Å². The van der Waals surface area contributed by atoms with Crippen molar-refractivity contribution in [3.8, 4) is 0 Å². The van der Waals surface area contributed by atoms with Crippen LogP contribution >= 0.6 is 0 Å². The minimum atomic E-state index is -4.41. The second-order valence-corrected chi connectivity index (χ2v) is 4.59. The molecule has 0 atom stereocenters. The lowest BCUT2D eigenvalue weighted by Gasteiger charge is -2.20. The smallest absolute Gasteiger partial charge is 0.351 e. The van der Waals surface area contributed by atoms with Gasteiger partial charge in [0.25, 0.3) is 0 Å². The quantitative estimate of drug-likeness (QED) is 0.596. The first-order valence-electron chi connectivity index (χ1n) is 6.45. The van der Waals surface area contributed by atoms with E-state index in [0.29, 0.717) is 17.4 Å². The Morgan fingerprint density at radius 3 is 2.64 bits per heavy atom. The number of hydrogen-bond acceptors (Lipinski definition) is 3. The molecule has 0 aliphatic heterocycles. The lowest BCUT2D eigenvalue weighted by Crippen LogP contribution is -2.45. The van der Waals surface area contributed by atoms with Gasteiger partial charge in [-0.25, -0.2) is 0 Å². The number of alkyl halides is 3. The number of nitrogens with zero attached hydrogens (tertiary/aromatic N) is 4. The molecule has 124 valence electrons. The molecule has 0 fully saturated rings. The number of rotatable bonds is 5. The molecule has 1 aromatic heterocycles. The number of carbonyl (C=O) groups is 1. The molecule has 1 heterocycles. The molecule has 1 amide bonds. The summed E-state index contributed by atoms with van der Waals surface area (Å²) in [7, 11) is 4.38. The Balaban J connectivity index is 2.41. The van der Waals surface area contributed by atoms with Crippen LogP contribution in [-0.2, 0) is 18.4 Å². The van der Waals surface area contributed by atoms with Crippen LogP contribution in [0, 0.1) is 0 Å². The molecule has 0 bridgehead atoms. The third-order valence-corrected chi connectivity index (χ3v) is 2.83. The first-order chi connectivity index (χ1) is 10.2. The number of guanidine groups is 1. The lowest BCUT2D eigenvalue weighted by molar-refractivity contribution is -0.157. The first-order valence-corrected chi connectivity index (χ1v) is 6.45. The van der Waals surface area contributed by atoms with Crippen LogP contribution in [0.25, 0.3) is 0 Å². The van der Waals surface area contributed by atoms with E-state index >= 15 is 0 Å². The second-order valence-electron chi connectivity index (χ2n) is 4.59. The van der Waals surface area contributed by atoms with Gasteiger partial charge in [-0.2, -0.15) is 18.3 Å². The fraction of sp³-hybridized carbons (Fsp3) is 0.583. The molecule has 1 aromatic rings. The van der Waals surface area contributed by atoms with Crippen LogP contribution in [0.4, 0.5) is 13.2 Å². The normalized spacial score (nSPS) is 12.2. The van der Waals surface area contributed by atoms with Gasteiger partial charge in [0.15, 0.2) is 5.96 Å². The van der Waals surface area contributed by atoms with Crippen molar-refractivity contribution >= 4 is 11.9 Å². The largest absolute Gasteiger partial charge is 0.406 e. The summed E-state index contributed by atoms with van der Waals surface area (Å²) < 4.78 is 38.2. The molecule has 0 aromatic carbocycles. The summed E-state index contributed by atoms with van der Waals surface area (Å²) in [6.07, 6.45) is -2.77. The number of halogens is 3. The molecule has 0 aliphatic rings. The lowest BCUT2D eigenvalue weighted by atomic mass is 10.4. The first kappa shape index (κ1) is 17.8. The topological polar surface area (TPSA) is 74.6 Å². The second kappa shape index (κ2) is 7.66. The molecule has 0 spiro atoms. The van der Waals surface area contributed by atoms with Crippen molar-refractivity contribution in [2.24, 2.45) is 12.0 Å². The predicted octanol–water partition coefficient (Wildman–Crippen LogP) is 0.106. The van der Waals surface area contributed by atoms with Crippen LogP contribution in [0.5, 0.6) is 0 Å². The average Bonchev–Trinajstić information content (AvgIpc) is 2.82. The number of amides is 1. The van der Waals surface area contributed by atoms with Crippen LogP contribution in [0.15, 0.2) is 17.3 Å². The SMILES string of the molecule is CN=C(NCC(=O)N(C)CC(F)(F)F)NCc1ccnn1C. The van der Waals surface area contributed by atoms with Gasteiger partial charge in [-0.3, -0.25) is 14.5 Å². The van der Waals surface area contributed by atoms with E-state index in [1.165, 1.54) is 7.05 Å². The van der Waals surface area contributed by atoms with Gasteiger partial charge in [0.2, 0.25) is 5.91 Å². The van der Waals surface area contributed by atoms with Gasteiger partial charge >= 0.3 is 6.18 Å². The Labute approximate surface area is 126 Å². The van der Waals surface area contributed by atoms with Crippen molar-refractivity contribution in [2.75, 3.05) is 27.2 Å². The highest BCUT2D eigenvalue weighted by molar-refractivity contribution is 5.86. The highest BCUT2D eigenvalue weighted by Gasteiger charge is 2.31. The van der Waals surface area contributed by atoms with Crippen molar-refractivity contribution in [1.29, 1.82) is 0 Å². The van der Waals surface area contributed by atoms with Crippen LogP contribution in [0.1, 0.15) is 5.69 Å². The Morgan fingerprint density at radius 2 is 2.14 bits per heavy atom. The number of likely N-dealkylation sites (N-methyl/N-ethyl adjacent to an activating group) is 1. The molecular formula is C12H19F3N6O. The molecule has 0 unspecified atom stereocenters. The maximum atomic E-state index is 12.2. The third kappa shape index (κ3) is 6.02. The third-order valence-electron chi connectivity index (χ3n) is 2.83. The van der Waals surface area contributed by atoms with Gasteiger partial charge in [-0.15, -0.1) is 0 Å².